The summed E-state index contributed by atoms with van der Waals surface area (Å²) in [6, 6.07) is 0. The van der Waals surface area contributed by atoms with Crippen LogP contribution in [0.15, 0.2) is 0 Å². The maximum Gasteiger partial charge on any atom is 0.332 e. The summed E-state index contributed by atoms with van der Waals surface area (Å²) >= 11 is 0. The quantitative estimate of drug-likeness (QED) is 0.118. The Balaban J connectivity index is 6.76. The van der Waals surface area contributed by atoms with Gasteiger partial charge in [-0.1, -0.05) is 83.1 Å². The van der Waals surface area contributed by atoms with Gasteiger partial charge in [0.1, 0.15) is 33.3 Å². The van der Waals surface area contributed by atoms with Crippen molar-refractivity contribution < 1.29 is 33.5 Å². The maximum atomic E-state index is 14.4. The van der Waals surface area contributed by atoms with E-state index in [1.165, 1.54) is 0 Å². The number of rotatable bonds is 17. The van der Waals surface area contributed by atoms with Crippen molar-refractivity contribution in [2.24, 2.45) is 41.2 Å². The molecule has 0 heterocycles. The average molecular weight is 753 g/mol. The minimum Gasteiger partial charge on any atom is -0.458 e. The Morgan fingerprint density at radius 3 is 0.774 bits per heavy atom. The number of hydrogen-bond acceptors (Lipinski definition) is 8. The molecule has 13 heteroatoms. The van der Waals surface area contributed by atoms with Gasteiger partial charge in [-0.25, -0.2) is 4.79 Å². The number of nitrogens with two attached hydrogens (primary N) is 1. The second-order valence-corrected chi connectivity index (χ2v) is 19.0. The van der Waals surface area contributed by atoms with Crippen LogP contribution in [0.4, 0.5) is 0 Å². The Morgan fingerprint density at radius 2 is 0.585 bits per heavy atom. The second-order valence-electron chi connectivity index (χ2n) is 19.0. The van der Waals surface area contributed by atoms with Crippen LogP contribution in [0.25, 0.3) is 0 Å². The van der Waals surface area contributed by atoms with Crippen LogP contribution in [0.3, 0.4) is 0 Å². The monoisotopic (exact) mass is 753 g/mol. The Labute approximate surface area is 320 Å². The van der Waals surface area contributed by atoms with E-state index in [1.807, 2.05) is 13.8 Å². The van der Waals surface area contributed by atoms with Gasteiger partial charge in [0.25, 0.3) is 0 Å². The number of carbonyl (C=O) groups excluding carboxylic acids is 6. The second kappa shape index (κ2) is 17.1. The molecule has 0 saturated carbocycles. The van der Waals surface area contributed by atoms with Crippen molar-refractivity contribution >= 4 is 35.5 Å². The van der Waals surface area contributed by atoms with E-state index >= 15 is 0 Å². The molecule has 0 fully saturated rings. The lowest BCUT2D eigenvalue weighted by Crippen LogP contribution is -2.74. The van der Waals surface area contributed by atoms with Gasteiger partial charge >= 0.3 is 5.97 Å². The van der Waals surface area contributed by atoms with Crippen molar-refractivity contribution in [2.75, 3.05) is 0 Å². The number of esters is 1. The largest absolute Gasteiger partial charge is 0.458 e. The zero-order chi connectivity index (χ0) is 42.7. The molecular formula is C40H76N6O7. The molecule has 308 valence electrons. The van der Waals surface area contributed by atoms with Crippen molar-refractivity contribution in [2.45, 2.75) is 184 Å². The van der Waals surface area contributed by atoms with Gasteiger partial charge < -0.3 is 37.1 Å². The summed E-state index contributed by atoms with van der Waals surface area (Å²) in [5.41, 5.74) is -3.25. The van der Waals surface area contributed by atoms with Crippen LogP contribution in [-0.2, 0) is 33.5 Å². The number of amides is 5. The molecule has 0 aliphatic heterocycles. The molecule has 0 aromatic heterocycles. The minimum atomic E-state index is -1.57. The van der Waals surface area contributed by atoms with Crippen LogP contribution in [-0.4, -0.2) is 74.3 Å². The SMILES string of the molecule is CC(C)[C@](C)(N)C(=O)N[C@](C)(C(=O)N[C@](C)(C(=O)N[C@](C)(C(=O)N[C@](C)(C(=O)N[C@](C)(C(=O)OC(C)(C)C)C(C)C)C(C)C)C(C)C)C(C)C)C(C)C. The number of carbonyl (C=O) groups is 6. The van der Waals surface area contributed by atoms with E-state index in [9.17, 15) is 28.8 Å². The molecule has 0 aliphatic rings. The van der Waals surface area contributed by atoms with E-state index < -0.39 is 98.0 Å². The van der Waals surface area contributed by atoms with Crippen LogP contribution in [0.1, 0.15) is 145 Å². The van der Waals surface area contributed by atoms with Crippen molar-refractivity contribution in [3.8, 4) is 0 Å². The van der Waals surface area contributed by atoms with E-state index in [1.54, 1.807) is 132 Å². The Hall–Kier alpha value is -3.22. The maximum absolute atomic E-state index is 14.4. The van der Waals surface area contributed by atoms with Crippen molar-refractivity contribution in [3.63, 3.8) is 0 Å². The fourth-order valence-electron chi connectivity index (χ4n) is 4.76. The molecule has 0 aliphatic carbocycles. The van der Waals surface area contributed by atoms with Crippen molar-refractivity contribution in [3.05, 3.63) is 0 Å². The number of hydrogen-bond donors (Lipinski definition) is 6. The number of ether oxygens (including phenoxy) is 1. The molecule has 0 unspecified atom stereocenters. The molecule has 0 spiro atoms. The third kappa shape index (κ3) is 10.9. The predicted octanol–water partition coefficient (Wildman–Crippen LogP) is 4.36. The summed E-state index contributed by atoms with van der Waals surface area (Å²) in [7, 11) is 0. The van der Waals surface area contributed by atoms with E-state index in [0.717, 1.165) is 0 Å². The van der Waals surface area contributed by atoms with Gasteiger partial charge in [-0.2, -0.15) is 0 Å². The third-order valence-electron chi connectivity index (χ3n) is 12.0. The highest BCUT2D eigenvalue weighted by atomic mass is 16.6. The molecule has 0 aromatic carbocycles. The van der Waals surface area contributed by atoms with Crippen LogP contribution < -0.4 is 32.3 Å². The van der Waals surface area contributed by atoms with Gasteiger partial charge in [-0.3, -0.25) is 24.0 Å². The Kier molecular flexibility index (Phi) is 16.0. The lowest BCUT2D eigenvalue weighted by atomic mass is 9.79. The van der Waals surface area contributed by atoms with E-state index in [2.05, 4.69) is 26.6 Å². The molecule has 0 saturated heterocycles. The zero-order valence-electron chi connectivity index (χ0n) is 36.9. The zero-order valence-corrected chi connectivity index (χ0v) is 36.9. The molecule has 13 nitrogen and oxygen atoms in total. The highest BCUT2D eigenvalue weighted by Gasteiger charge is 2.52. The van der Waals surface area contributed by atoms with Crippen molar-refractivity contribution in [1.29, 1.82) is 0 Å². The molecule has 0 bridgehead atoms. The van der Waals surface area contributed by atoms with Gasteiger partial charge in [-0.15, -0.1) is 0 Å². The summed E-state index contributed by atoms with van der Waals surface area (Å²) < 4.78 is 5.66. The molecular weight excluding hydrogens is 676 g/mol. The van der Waals surface area contributed by atoms with Gasteiger partial charge in [0.15, 0.2) is 0 Å². The predicted molar refractivity (Wildman–Crippen MR) is 210 cm³/mol. The summed E-state index contributed by atoms with van der Waals surface area (Å²) in [5.74, 6) is -5.96. The van der Waals surface area contributed by atoms with Crippen LogP contribution >= 0.6 is 0 Å². The van der Waals surface area contributed by atoms with Crippen LogP contribution in [0.5, 0.6) is 0 Å². The molecule has 5 amide bonds. The molecule has 7 N–H and O–H groups in total. The van der Waals surface area contributed by atoms with E-state index in [-0.39, 0.29) is 11.8 Å². The van der Waals surface area contributed by atoms with Crippen LogP contribution in [0.2, 0.25) is 0 Å². The van der Waals surface area contributed by atoms with Gasteiger partial charge in [0, 0.05) is 0 Å². The lowest BCUT2D eigenvalue weighted by molar-refractivity contribution is -0.167. The smallest absolute Gasteiger partial charge is 0.332 e. The topological polar surface area (TPSA) is 198 Å². The van der Waals surface area contributed by atoms with Crippen LogP contribution in [0, 0.1) is 35.5 Å². The summed E-state index contributed by atoms with van der Waals surface area (Å²) in [4.78, 5) is 83.7. The third-order valence-corrected chi connectivity index (χ3v) is 12.0. The Bertz CT molecular complexity index is 1370. The first-order valence-corrected chi connectivity index (χ1v) is 19.1. The first kappa shape index (κ1) is 49.8. The summed E-state index contributed by atoms with van der Waals surface area (Å²) in [6.45, 7) is 36.2. The minimum absolute atomic E-state index is 0.220. The lowest BCUT2D eigenvalue weighted by Gasteiger charge is -2.44. The molecule has 0 rings (SSSR count). The average Bonchev–Trinajstić information content (AvgIpc) is 2.98. The standard InChI is InChI=1S/C40H76N6O7/c1-22(2)35(16,41)28(47)42-36(17,23(3)4)29(48)43-37(18,24(5)6)30(49)44-38(19,25(7)8)31(50)45-39(20,26(9)10)32(51)46-40(21,27(11)12)33(52)53-34(13,14)15/h22-27H,41H2,1-21H3,(H,42,47)(H,43,48)(H,44,49)(H,45,50)(H,46,51)/t35-,36-,37-,38-,39-,40-/m0/s1. The number of nitrogens with one attached hydrogen (secondary N) is 5. The normalized spacial score (nSPS) is 19.2. The van der Waals surface area contributed by atoms with E-state index in [0.29, 0.717) is 0 Å². The fourth-order valence-corrected chi connectivity index (χ4v) is 4.76. The first-order chi connectivity index (χ1) is 23.4. The van der Waals surface area contributed by atoms with Gasteiger partial charge in [0.2, 0.25) is 29.5 Å². The summed E-state index contributed by atoms with van der Waals surface area (Å²) in [5, 5.41) is 14.4. The highest BCUT2D eigenvalue weighted by Crippen LogP contribution is 2.29. The van der Waals surface area contributed by atoms with Gasteiger partial charge in [-0.05, 0) is 97.8 Å². The molecule has 0 radical (unpaired) electrons. The van der Waals surface area contributed by atoms with Gasteiger partial charge in [0.05, 0.1) is 5.54 Å². The molecule has 0 aromatic rings. The molecule has 6 atom stereocenters. The fraction of sp³-hybridized carbons (Fsp3) is 0.850. The highest BCUT2D eigenvalue weighted by molar-refractivity contribution is 6.02. The first-order valence-electron chi connectivity index (χ1n) is 19.1. The van der Waals surface area contributed by atoms with Crippen molar-refractivity contribution in [1.82, 2.24) is 26.6 Å². The van der Waals surface area contributed by atoms with E-state index in [4.69, 9.17) is 10.5 Å². The summed E-state index contributed by atoms with van der Waals surface area (Å²) in [6.07, 6.45) is 0. The Morgan fingerprint density at radius 1 is 0.377 bits per heavy atom. The molecule has 53 heavy (non-hydrogen) atoms.